The molecule has 0 saturated carbocycles. The summed E-state index contributed by atoms with van der Waals surface area (Å²) < 4.78 is 37.8. The maximum absolute atomic E-state index is 13.0. The number of methoxy groups -OCH3 is 2. The van der Waals surface area contributed by atoms with Gasteiger partial charge in [-0.2, -0.15) is 4.31 Å². The first-order chi connectivity index (χ1) is 15.6. The summed E-state index contributed by atoms with van der Waals surface area (Å²) in [4.78, 5) is 26.3. The smallest absolute Gasteiger partial charge is 0.243 e. The highest BCUT2D eigenvalue weighted by Crippen LogP contribution is 2.26. The van der Waals surface area contributed by atoms with E-state index in [2.05, 4.69) is 5.32 Å². The van der Waals surface area contributed by atoms with E-state index in [1.807, 2.05) is 4.90 Å². The van der Waals surface area contributed by atoms with E-state index in [0.717, 1.165) is 0 Å². The minimum Gasteiger partial charge on any atom is -0.497 e. The number of ketones is 1. The zero-order valence-electron chi connectivity index (χ0n) is 19.2. The number of hydrogen-bond acceptors (Lipinski definition) is 7. The lowest BCUT2D eigenvalue weighted by Crippen LogP contribution is -2.53. The maximum Gasteiger partial charge on any atom is 0.243 e. The van der Waals surface area contributed by atoms with Crippen molar-refractivity contribution in [3.63, 3.8) is 0 Å². The molecule has 1 heterocycles. The van der Waals surface area contributed by atoms with Crippen LogP contribution in [0, 0.1) is 0 Å². The molecule has 0 aliphatic carbocycles. The number of rotatable bonds is 8. The average molecular weight is 476 g/mol. The summed E-state index contributed by atoms with van der Waals surface area (Å²) in [7, 11) is -0.599. The second-order valence-corrected chi connectivity index (χ2v) is 9.73. The van der Waals surface area contributed by atoms with Gasteiger partial charge in [-0.15, -0.1) is 0 Å². The third-order valence-electron chi connectivity index (χ3n) is 5.72. The van der Waals surface area contributed by atoms with Crippen molar-refractivity contribution in [3.05, 3.63) is 48.0 Å². The predicted octanol–water partition coefficient (Wildman–Crippen LogP) is 2.24. The van der Waals surface area contributed by atoms with E-state index in [-0.39, 0.29) is 29.7 Å². The van der Waals surface area contributed by atoms with Gasteiger partial charge in [0.25, 0.3) is 0 Å². The third kappa shape index (κ3) is 5.70. The largest absolute Gasteiger partial charge is 0.497 e. The van der Waals surface area contributed by atoms with Crippen molar-refractivity contribution in [2.75, 3.05) is 45.7 Å². The minimum atomic E-state index is -3.67. The number of nitrogens with zero attached hydrogens (tertiary/aromatic N) is 2. The van der Waals surface area contributed by atoms with Gasteiger partial charge in [0, 0.05) is 55.6 Å². The molecule has 0 bridgehead atoms. The summed E-state index contributed by atoms with van der Waals surface area (Å²) in [6, 6.07) is 10.6. The Hall–Kier alpha value is -2.95. The van der Waals surface area contributed by atoms with Crippen LogP contribution < -0.4 is 14.8 Å². The molecule has 2 aromatic carbocycles. The lowest BCUT2D eigenvalue weighted by Gasteiger charge is -2.36. The molecule has 0 radical (unpaired) electrons. The molecule has 1 atom stereocenters. The lowest BCUT2D eigenvalue weighted by molar-refractivity contribution is -0.121. The lowest BCUT2D eigenvalue weighted by atomic mass is 10.2. The van der Waals surface area contributed by atoms with E-state index in [1.54, 1.807) is 25.1 Å². The van der Waals surface area contributed by atoms with Crippen LogP contribution in [0.4, 0.5) is 5.69 Å². The monoisotopic (exact) mass is 475 g/mol. The van der Waals surface area contributed by atoms with Crippen LogP contribution in [0.5, 0.6) is 11.5 Å². The fourth-order valence-electron chi connectivity index (χ4n) is 3.63. The van der Waals surface area contributed by atoms with Crippen molar-refractivity contribution in [1.82, 2.24) is 9.21 Å². The number of nitrogens with one attached hydrogen (secondary N) is 1. The summed E-state index contributed by atoms with van der Waals surface area (Å²) in [5, 5.41) is 2.87. The number of benzene rings is 2. The zero-order chi connectivity index (χ0) is 24.2. The quantitative estimate of drug-likeness (QED) is 0.584. The molecule has 1 N–H and O–H groups in total. The van der Waals surface area contributed by atoms with E-state index in [9.17, 15) is 18.0 Å². The Morgan fingerprint density at radius 2 is 1.48 bits per heavy atom. The second kappa shape index (κ2) is 10.3. The van der Waals surface area contributed by atoms with Gasteiger partial charge < -0.3 is 14.8 Å². The normalized spacial score (nSPS) is 16.1. The van der Waals surface area contributed by atoms with Gasteiger partial charge in [0.1, 0.15) is 11.5 Å². The maximum atomic E-state index is 13.0. The van der Waals surface area contributed by atoms with Gasteiger partial charge in [-0.1, -0.05) is 12.1 Å². The first-order valence-corrected chi connectivity index (χ1v) is 12.0. The van der Waals surface area contributed by atoms with Crippen LogP contribution in [-0.4, -0.2) is 75.8 Å². The number of carbonyl (C=O) groups excluding carboxylic acids is 2. The van der Waals surface area contributed by atoms with E-state index >= 15 is 0 Å². The predicted molar refractivity (Wildman–Crippen MR) is 124 cm³/mol. The molecule has 0 aromatic heterocycles. The molecule has 10 heteroatoms. The molecule has 1 aliphatic rings. The number of hydrogen-bond donors (Lipinski definition) is 1. The van der Waals surface area contributed by atoms with Gasteiger partial charge in [-0.05, 0) is 26.0 Å². The Kier molecular flexibility index (Phi) is 7.72. The van der Waals surface area contributed by atoms with Crippen LogP contribution in [-0.2, 0) is 14.8 Å². The van der Waals surface area contributed by atoms with Gasteiger partial charge >= 0.3 is 0 Å². The van der Waals surface area contributed by atoms with Gasteiger partial charge in [-0.3, -0.25) is 14.5 Å². The number of carbonyl (C=O) groups is 2. The van der Waals surface area contributed by atoms with Crippen molar-refractivity contribution in [1.29, 1.82) is 0 Å². The first-order valence-electron chi connectivity index (χ1n) is 10.5. The topological polar surface area (TPSA) is 105 Å². The molecule has 3 rings (SSSR count). The van der Waals surface area contributed by atoms with E-state index in [1.165, 1.54) is 49.7 Å². The summed E-state index contributed by atoms with van der Waals surface area (Å²) >= 11 is 0. The molecule has 1 fully saturated rings. The number of ether oxygens (including phenoxy) is 2. The molecule has 2 aromatic rings. The SMILES string of the molecule is COc1cc(NC(=O)[C@H](C)N2CCN(S(=O)(=O)c3ccc(C(C)=O)cc3)CC2)cc(OC)c1. The number of sulfonamides is 1. The molecule has 0 spiro atoms. The van der Waals surface area contributed by atoms with Crippen LogP contribution >= 0.6 is 0 Å². The summed E-state index contributed by atoms with van der Waals surface area (Å²) in [5.41, 5.74) is 1.02. The van der Waals surface area contributed by atoms with Crippen LogP contribution in [0.2, 0.25) is 0 Å². The fraction of sp³-hybridized carbons (Fsp3) is 0.391. The standard InChI is InChI=1S/C23H29N3O6S/c1-16(23(28)24-19-13-20(31-3)15-21(14-19)32-4)25-9-11-26(12-10-25)33(29,30)22-7-5-18(6-8-22)17(2)27/h5-8,13-16H,9-12H2,1-4H3,(H,24,28)/t16-/m0/s1. The Morgan fingerprint density at radius 3 is 1.97 bits per heavy atom. The third-order valence-corrected chi connectivity index (χ3v) is 7.63. The highest BCUT2D eigenvalue weighted by Gasteiger charge is 2.32. The van der Waals surface area contributed by atoms with Crippen LogP contribution in [0.25, 0.3) is 0 Å². The Balaban J connectivity index is 1.62. The molecule has 9 nitrogen and oxygen atoms in total. The van der Waals surface area contributed by atoms with Crippen molar-refractivity contribution in [2.45, 2.75) is 24.8 Å². The van der Waals surface area contributed by atoms with E-state index in [4.69, 9.17) is 9.47 Å². The zero-order valence-corrected chi connectivity index (χ0v) is 20.0. The van der Waals surface area contributed by atoms with Crippen molar-refractivity contribution in [3.8, 4) is 11.5 Å². The number of amides is 1. The average Bonchev–Trinajstić information content (AvgIpc) is 2.83. The number of anilines is 1. The van der Waals surface area contributed by atoms with Crippen molar-refractivity contribution >= 4 is 27.4 Å². The van der Waals surface area contributed by atoms with Crippen LogP contribution in [0.3, 0.4) is 0 Å². The van der Waals surface area contributed by atoms with Gasteiger partial charge in [0.2, 0.25) is 15.9 Å². The molecule has 0 unspecified atom stereocenters. The van der Waals surface area contributed by atoms with Gasteiger partial charge in [-0.25, -0.2) is 8.42 Å². The minimum absolute atomic E-state index is 0.118. The van der Waals surface area contributed by atoms with Gasteiger partial charge in [0.05, 0.1) is 25.2 Å². The molecular weight excluding hydrogens is 446 g/mol. The van der Waals surface area contributed by atoms with Gasteiger partial charge in [0.15, 0.2) is 5.78 Å². The molecule has 1 amide bonds. The number of Topliss-reactive ketones (excluding diaryl/α,β-unsaturated/α-hetero) is 1. The van der Waals surface area contributed by atoms with Crippen molar-refractivity contribution in [2.24, 2.45) is 0 Å². The molecule has 178 valence electrons. The Morgan fingerprint density at radius 1 is 0.939 bits per heavy atom. The number of piperazine rings is 1. The summed E-state index contributed by atoms with van der Waals surface area (Å²) in [5.74, 6) is 0.800. The molecule has 33 heavy (non-hydrogen) atoms. The first kappa shape index (κ1) is 24.7. The van der Waals surface area contributed by atoms with Crippen LogP contribution in [0.15, 0.2) is 47.4 Å². The fourth-order valence-corrected chi connectivity index (χ4v) is 5.06. The highest BCUT2D eigenvalue weighted by molar-refractivity contribution is 7.89. The molecule has 1 saturated heterocycles. The molecular formula is C23H29N3O6S. The van der Waals surface area contributed by atoms with Crippen LogP contribution in [0.1, 0.15) is 24.2 Å². The van der Waals surface area contributed by atoms with E-state index < -0.39 is 16.1 Å². The van der Waals surface area contributed by atoms with Crippen molar-refractivity contribution < 1.29 is 27.5 Å². The Bertz CT molecular complexity index is 1090. The summed E-state index contributed by atoms with van der Waals surface area (Å²) in [6.45, 7) is 4.59. The summed E-state index contributed by atoms with van der Waals surface area (Å²) in [6.07, 6.45) is 0. The Labute approximate surface area is 194 Å². The second-order valence-electron chi connectivity index (χ2n) is 7.79. The molecule has 1 aliphatic heterocycles. The van der Waals surface area contributed by atoms with E-state index in [0.29, 0.717) is 35.8 Å². The highest BCUT2D eigenvalue weighted by atomic mass is 32.2.